The van der Waals surface area contributed by atoms with Crippen LogP contribution in [0.3, 0.4) is 0 Å². The Balaban J connectivity index is 3.38. The fraction of sp³-hybridized carbons (Fsp3) is 0.125. The average Bonchev–Trinajstić information content (AvgIpc) is 1.82. The molecule has 64 valence electrons. The first-order chi connectivity index (χ1) is 5.52. The van der Waals surface area contributed by atoms with Gasteiger partial charge in [0.05, 0.1) is 5.56 Å². The highest BCUT2D eigenvalue weighted by atomic mass is 127. The van der Waals surface area contributed by atoms with Crippen LogP contribution in [0.2, 0.25) is 5.02 Å². The van der Waals surface area contributed by atoms with E-state index in [1.54, 1.807) is 12.1 Å². The van der Waals surface area contributed by atoms with Gasteiger partial charge in [-0.1, -0.05) is 11.6 Å². The maximum atomic E-state index is 10.9. The summed E-state index contributed by atoms with van der Waals surface area (Å²) in [6.07, 6.45) is 0. The third kappa shape index (κ3) is 2.12. The molecule has 1 rings (SSSR count). The molecule has 1 aromatic carbocycles. The zero-order valence-electron chi connectivity index (χ0n) is 6.20. The zero-order chi connectivity index (χ0) is 9.30. The Kier molecular flexibility index (Phi) is 3.37. The number of carbonyl (C=O) groups excluding carboxylic acids is 1. The van der Waals surface area contributed by atoms with Gasteiger partial charge in [-0.15, -0.1) is 0 Å². The fourth-order valence-electron chi connectivity index (χ4n) is 0.951. The molecule has 1 nitrogen and oxygen atoms in total. The topological polar surface area (TPSA) is 17.1 Å². The molecule has 0 heterocycles. The van der Waals surface area contributed by atoms with Crippen LogP contribution in [0.1, 0.15) is 15.9 Å². The van der Waals surface area contributed by atoms with Crippen LogP contribution >= 0.6 is 45.8 Å². The van der Waals surface area contributed by atoms with Crippen LogP contribution in [0.15, 0.2) is 12.1 Å². The Bertz CT molecular complexity index is 313. The van der Waals surface area contributed by atoms with Crippen LogP contribution in [0.4, 0.5) is 0 Å². The van der Waals surface area contributed by atoms with Crippen molar-refractivity contribution in [3.63, 3.8) is 0 Å². The molecule has 0 aliphatic carbocycles. The highest BCUT2D eigenvalue weighted by molar-refractivity contribution is 14.1. The molecule has 4 heteroatoms. The van der Waals surface area contributed by atoms with Gasteiger partial charge in [-0.3, -0.25) is 4.79 Å². The smallest absolute Gasteiger partial charge is 0.253 e. The summed E-state index contributed by atoms with van der Waals surface area (Å²) in [5, 5.41) is 0.187. The molecule has 0 N–H and O–H groups in total. The van der Waals surface area contributed by atoms with E-state index in [9.17, 15) is 4.79 Å². The minimum atomic E-state index is -0.437. The maximum Gasteiger partial charge on any atom is 0.253 e. The lowest BCUT2D eigenvalue weighted by molar-refractivity contribution is 0.108. The van der Waals surface area contributed by atoms with Crippen molar-refractivity contribution in [1.29, 1.82) is 0 Å². The minimum Gasteiger partial charge on any atom is -0.276 e. The second-order valence-electron chi connectivity index (χ2n) is 2.35. The number of benzene rings is 1. The predicted octanol–water partition coefficient (Wildman–Crippen LogP) is 3.63. The van der Waals surface area contributed by atoms with Gasteiger partial charge >= 0.3 is 0 Å². The Morgan fingerprint density at radius 2 is 2.08 bits per heavy atom. The van der Waals surface area contributed by atoms with Crippen molar-refractivity contribution in [2.24, 2.45) is 0 Å². The van der Waals surface area contributed by atoms with E-state index in [1.165, 1.54) is 0 Å². The summed E-state index contributed by atoms with van der Waals surface area (Å²) in [6.45, 7) is 1.81. The van der Waals surface area contributed by atoms with Gasteiger partial charge in [0.15, 0.2) is 0 Å². The van der Waals surface area contributed by atoms with E-state index in [0.717, 1.165) is 9.13 Å². The minimum absolute atomic E-state index is 0.437. The van der Waals surface area contributed by atoms with Gasteiger partial charge in [-0.2, -0.15) is 0 Å². The third-order valence-electron chi connectivity index (χ3n) is 1.45. The monoisotopic (exact) mass is 314 g/mol. The highest BCUT2D eigenvalue weighted by Gasteiger charge is 2.10. The first-order valence-corrected chi connectivity index (χ1v) is 5.01. The fourth-order valence-corrected chi connectivity index (χ4v) is 2.82. The quantitative estimate of drug-likeness (QED) is 0.571. The molecular weight excluding hydrogens is 310 g/mol. The van der Waals surface area contributed by atoms with Crippen LogP contribution in [0.25, 0.3) is 0 Å². The lowest BCUT2D eigenvalue weighted by Gasteiger charge is -2.03. The van der Waals surface area contributed by atoms with Gasteiger partial charge in [0, 0.05) is 8.59 Å². The predicted molar refractivity (Wildman–Crippen MR) is 59.1 cm³/mol. The number of hydrogen-bond acceptors (Lipinski definition) is 1. The maximum absolute atomic E-state index is 10.9. The second-order valence-corrected chi connectivity index (χ2v) is 4.30. The zero-order valence-corrected chi connectivity index (χ0v) is 9.87. The van der Waals surface area contributed by atoms with Gasteiger partial charge in [0.25, 0.3) is 5.24 Å². The van der Waals surface area contributed by atoms with Crippen molar-refractivity contribution in [1.82, 2.24) is 0 Å². The molecule has 0 amide bonds. The number of aryl methyl sites for hydroxylation is 1. The van der Waals surface area contributed by atoms with Gasteiger partial charge in [0.1, 0.15) is 0 Å². The molecule has 0 saturated carbocycles. The molecule has 0 saturated heterocycles. The summed E-state index contributed by atoms with van der Waals surface area (Å²) in [6, 6.07) is 3.43. The van der Waals surface area contributed by atoms with E-state index in [0.29, 0.717) is 10.6 Å². The van der Waals surface area contributed by atoms with Gasteiger partial charge in [-0.05, 0) is 58.8 Å². The normalized spacial score (nSPS) is 10.0. The molecular formula is C8H5Cl2IO. The van der Waals surface area contributed by atoms with Crippen molar-refractivity contribution in [3.8, 4) is 0 Å². The second kappa shape index (κ2) is 3.94. The largest absolute Gasteiger partial charge is 0.276 e. The van der Waals surface area contributed by atoms with Crippen molar-refractivity contribution in [2.75, 3.05) is 0 Å². The average molecular weight is 315 g/mol. The van der Waals surface area contributed by atoms with Crippen LogP contribution < -0.4 is 0 Å². The molecule has 0 aliphatic rings. The summed E-state index contributed by atoms with van der Waals surface area (Å²) in [7, 11) is 0. The van der Waals surface area contributed by atoms with E-state index < -0.39 is 5.24 Å². The van der Waals surface area contributed by atoms with Crippen molar-refractivity contribution < 1.29 is 4.79 Å². The summed E-state index contributed by atoms with van der Waals surface area (Å²) < 4.78 is 0.789. The van der Waals surface area contributed by atoms with Crippen molar-refractivity contribution in [2.45, 2.75) is 6.92 Å². The van der Waals surface area contributed by atoms with E-state index >= 15 is 0 Å². The SMILES string of the molecule is Cc1cc(Cl)cc(I)c1C(=O)Cl. The van der Waals surface area contributed by atoms with Gasteiger partial charge < -0.3 is 0 Å². The highest BCUT2D eigenvalue weighted by Crippen LogP contribution is 2.23. The summed E-state index contributed by atoms with van der Waals surface area (Å²) in [5.74, 6) is 0. The first-order valence-electron chi connectivity index (χ1n) is 3.18. The van der Waals surface area contributed by atoms with Crippen molar-refractivity contribution >= 4 is 51.0 Å². The van der Waals surface area contributed by atoms with E-state index in [4.69, 9.17) is 23.2 Å². The molecule has 0 aliphatic heterocycles. The van der Waals surface area contributed by atoms with E-state index in [-0.39, 0.29) is 0 Å². The van der Waals surface area contributed by atoms with Crippen LogP contribution in [0.5, 0.6) is 0 Å². The van der Waals surface area contributed by atoms with Gasteiger partial charge in [-0.25, -0.2) is 0 Å². The molecule has 0 atom stereocenters. The third-order valence-corrected chi connectivity index (χ3v) is 2.71. The summed E-state index contributed by atoms with van der Waals surface area (Å²) >= 11 is 13.2. The Morgan fingerprint density at radius 1 is 1.50 bits per heavy atom. The summed E-state index contributed by atoms with van der Waals surface area (Å²) in [4.78, 5) is 10.9. The molecule has 0 unspecified atom stereocenters. The molecule has 0 aromatic heterocycles. The molecule has 0 spiro atoms. The lowest BCUT2D eigenvalue weighted by atomic mass is 10.1. The number of carbonyl (C=O) groups is 1. The van der Waals surface area contributed by atoms with Gasteiger partial charge in [0.2, 0.25) is 0 Å². The lowest BCUT2D eigenvalue weighted by Crippen LogP contribution is -1.97. The standard InChI is InChI=1S/C8H5Cl2IO/c1-4-2-5(9)3-6(11)7(4)8(10)12/h2-3H,1H3. The molecule has 0 radical (unpaired) electrons. The van der Waals surface area contributed by atoms with E-state index in [1.807, 2.05) is 29.5 Å². The van der Waals surface area contributed by atoms with Crippen LogP contribution in [-0.2, 0) is 0 Å². The summed E-state index contributed by atoms with van der Waals surface area (Å²) in [5.41, 5.74) is 1.36. The Hall–Kier alpha value is 0.200. The number of rotatable bonds is 1. The molecule has 12 heavy (non-hydrogen) atoms. The first kappa shape index (κ1) is 10.3. The molecule has 0 bridgehead atoms. The Labute approximate surface area is 94.2 Å². The number of halogens is 3. The molecule has 1 aromatic rings. The van der Waals surface area contributed by atoms with Crippen LogP contribution in [-0.4, -0.2) is 5.24 Å². The number of hydrogen-bond donors (Lipinski definition) is 0. The van der Waals surface area contributed by atoms with Crippen LogP contribution in [0, 0.1) is 10.5 Å². The Morgan fingerprint density at radius 3 is 2.50 bits per heavy atom. The van der Waals surface area contributed by atoms with E-state index in [2.05, 4.69) is 0 Å². The molecule has 0 fully saturated rings. The van der Waals surface area contributed by atoms with Crippen molar-refractivity contribution in [3.05, 3.63) is 31.9 Å².